The van der Waals surface area contributed by atoms with Crippen molar-refractivity contribution in [3.63, 3.8) is 0 Å². The topological polar surface area (TPSA) is 62.6 Å². The quantitative estimate of drug-likeness (QED) is 0.836. The molecule has 1 N–H and O–H groups in total. The van der Waals surface area contributed by atoms with Gasteiger partial charge in [-0.3, -0.25) is 9.59 Å². The number of halogens is 1. The van der Waals surface area contributed by atoms with E-state index in [4.69, 9.17) is 16.0 Å². The fraction of sp³-hybridized carbons (Fsp3) is 0.368. The average Bonchev–Trinajstić information content (AvgIpc) is 3.15. The number of carbonyl (C=O) groups excluding carboxylic acids is 2. The number of anilines is 2. The van der Waals surface area contributed by atoms with Crippen LogP contribution in [-0.4, -0.2) is 24.2 Å². The van der Waals surface area contributed by atoms with E-state index in [0.29, 0.717) is 18.0 Å². The summed E-state index contributed by atoms with van der Waals surface area (Å²) >= 11 is 5.86. The maximum absolute atomic E-state index is 12.6. The molecule has 3 rings (SSSR count). The summed E-state index contributed by atoms with van der Waals surface area (Å²) in [5.41, 5.74) is 1.97. The number of alkyl halides is 1. The molecule has 132 valence electrons. The Morgan fingerprint density at radius 3 is 2.80 bits per heavy atom. The molecule has 0 radical (unpaired) electrons. The van der Waals surface area contributed by atoms with Crippen LogP contribution >= 0.6 is 11.6 Å². The molecule has 0 saturated carbocycles. The summed E-state index contributed by atoms with van der Waals surface area (Å²) in [6.07, 6.45) is 3.22. The zero-order chi connectivity index (χ0) is 18.0. The fourth-order valence-corrected chi connectivity index (χ4v) is 2.90. The van der Waals surface area contributed by atoms with Crippen molar-refractivity contribution in [1.29, 1.82) is 0 Å². The second-order valence-electron chi connectivity index (χ2n) is 6.85. The first kappa shape index (κ1) is 17.5. The highest BCUT2D eigenvalue weighted by Crippen LogP contribution is 2.31. The second-order valence-corrected chi connectivity index (χ2v) is 7.12. The van der Waals surface area contributed by atoms with E-state index in [1.54, 1.807) is 30.9 Å². The zero-order valence-corrected chi connectivity index (χ0v) is 15.1. The predicted molar refractivity (Wildman–Crippen MR) is 98.3 cm³/mol. The standard InChI is InChI=1S/C19H21ClN2O3/c1-19(2,12-20)18(24)21-14-7-8-15-13(11-14)5-3-9-22(15)17(23)16-6-4-10-25-16/h4,6-8,10-11H,3,5,9,12H2,1-2H3,(H,21,24). The maximum Gasteiger partial charge on any atom is 0.293 e. The van der Waals surface area contributed by atoms with E-state index >= 15 is 0 Å². The van der Waals surface area contributed by atoms with E-state index in [1.165, 1.54) is 6.26 Å². The lowest BCUT2D eigenvalue weighted by Crippen LogP contribution is -2.35. The van der Waals surface area contributed by atoms with Crippen LogP contribution in [0.5, 0.6) is 0 Å². The Balaban J connectivity index is 1.83. The third-order valence-corrected chi connectivity index (χ3v) is 5.05. The summed E-state index contributed by atoms with van der Waals surface area (Å²) in [7, 11) is 0. The van der Waals surface area contributed by atoms with E-state index < -0.39 is 5.41 Å². The molecule has 6 heteroatoms. The molecule has 1 aliphatic rings. The van der Waals surface area contributed by atoms with Crippen molar-refractivity contribution in [1.82, 2.24) is 0 Å². The Morgan fingerprint density at radius 2 is 2.12 bits per heavy atom. The Bertz CT molecular complexity index is 784. The summed E-state index contributed by atoms with van der Waals surface area (Å²) in [5.74, 6) is 0.303. The first-order valence-corrected chi connectivity index (χ1v) is 8.81. The van der Waals surface area contributed by atoms with Crippen molar-refractivity contribution in [2.75, 3.05) is 22.6 Å². The van der Waals surface area contributed by atoms with Gasteiger partial charge in [-0.05, 0) is 62.6 Å². The largest absolute Gasteiger partial charge is 0.459 e. The molecule has 2 amide bonds. The van der Waals surface area contributed by atoms with Crippen molar-refractivity contribution in [2.24, 2.45) is 5.41 Å². The Morgan fingerprint density at radius 1 is 1.32 bits per heavy atom. The van der Waals surface area contributed by atoms with Crippen molar-refractivity contribution >= 4 is 34.8 Å². The highest BCUT2D eigenvalue weighted by atomic mass is 35.5. The van der Waals surface area contributed by atoms with Gasteiger partial charge in [-0.25, -0.2) is 0 Å². The SMILES string of the molecule is CC(C)(CCl)C(=O)Nc1ccc2c(c1)CCCN2C(=O)c1ccco1. The van der Waals surface area contributed by atoms with Gasteiger partial charge in [0, 0.05) is 23.8 Å². The summed E-state index contributed by atoms with van der Waals surface area (Å²) < 4.78 is 5.23. The number of nitrogens with one attached hydrogen (secondary N) is 1. The van der Waals surface area contributed by atoms with Crippen LogP contribution in [0.1, 0.15) is 36.4 Å². The summed E-state index contributed by atoms with van der Waals surface area (Å²) in [4.78, 5) is 26.6. The molecule has 0 atom stereocenters. The average molecular weight is 361 g/mol. The number of furan rings is 1. The summed E-state index contributed by atoms with van der Waals surface area (Å²) in [6.45, 7) is 4.26. The third kappa shape index (κ3) is 3.56. The molecule has 0 aliphatic carbocycles. The molecular formula is C19H21ClN2O3. The van der Waals surface area contributed by atoms with Crippen LogP contribution in [0.3, 0.4) is 0 Å². The molecule has 25 heavy (non-hydrogen) atoms. The highest BCUT2D eigenvalue weighted by molar-refractivity contribution is 6.20. The van der Waals surface area contributed by atoms with E-state index in [9.17, 15) is 9.59 Å². The third-order valence-electron chi connectivity index (χ3n) is 4.38. The minimum absolute atomic E-state index is 0.123. The van der Waals surface area contributed by atoms with Crippen LogP contribution in [0, 0.1) is 5.41 Å². The zero-order valence-electron chi connectivity index (χ0n) is 14.3. The number of fused-ring (bicyclic) bond motifs is 1. The number of hydrogen-bond acceptors (Lipinski definition) is 3. The molecule has 1 aromatic carbocycles. The van der Waals surface area contributed by atoms with Gasteiger partial charge in [0.1, 0.15) is 0 Å². The minimum atomic E-state index is -0.640. The number of hydrogen-bond donors (Lipinski definition) is 1. The lowest BCUT2D eigenvalue weighted by Gasteiger charge is -2.29. The van der Waals surface area contributed by atoms with E-state index in [1.807, 2.05) is 18.2 Å². The molecule has 0 bridgehead atoms. The number of carbonyl (C=O) groups is 2. The minimum Gasteiger partial charge on any atom is -0.459 e. The van der Waals surface area contributed by atoms with Crippen molar-refractivity contribution in [2.45, 2.75) is 26.7 Å². The van der Waals surface area contributed by atoms with E-state index in [2.05, 4.69) is 5.32 Å². The summed E-state index contributed by atoms with van der Waals surface area (Å²) in [5, 5.41) is 2.91. The lowest BCUT2D eigenvalue weighted by atomic mass is 9.94. The van der Waals surface area contributed by atoms with Gasteiger partial charge < -0.3 is 14.6 Å². The molecule has 1 aliphatic heterocycles. The van der Waals surface area contributed by atoms with Crippen LogP contribution in [0.2, 0.25) is 0 Å². The van der Waals surface area contributed by atoms with Crippen LogP contribution in [0.15, 0.2) is 41.0 Å². The molecule has 0 spiro atoms. The normalized spacial score (nSPS) is 14.1. The first-order chi connectivity index (χ1) is 11.9. The molecule has 2 heterocycles. The first-order valence-electron chi connectivity index (χ1n) is 8.28. The molecular weight excluding hydrogens is 340 g/mol. The Labute approximate surface area is 151 Å². The number of amides is 2. The second kappa shape index (κ2) is 6.92. The van der Waals surface area contributed by atoms with Gasteiger partial charge in [0.05, 0.1) is 11.7 Å². The molecule has 0 fully saturated rings. The fourth-order valence-electron chi connectivity index (χ4n) is 2.78. The van der Waals surface area contributed by atoms with Crippen LogP contribution in [0.25, 0.3) is 0 Å². The maximum atomic E-state index is 12.6. The molecule has 2 aromatic rings. The van der Waals surface area contributed by atoms with Gasteiger partial charge in [-0.15, -0.1) is 11.6 Å². The molecule has 5 nitrogen and oxygen atoms in total. The number of benzene rings is 1. The van der Waals surface area contributed by atoms with Gasteiger partial charge in [0.2, 0.25) is 5.91 Å². The number of aryl methyl sites for hydroxylation is 1. The van der Waals surface area contributed by atoms with Crippen LogP contribution < -0.4 is 10.2 Å². The van der Waals surface area contributed by atoms with Crippen molar-refractivity contribution in [3.8, 4) is 0 Å². The van der Waals surface area contributed by atoms with Gasteiger partial charge in [-0.2, -0.15) is 0 Å². The Kier molecular flexibility index (Phi) is 4.86. The van der Waals surface area contributed by atoms with Gasteiger partial charge >= 0.3 is 0 Å². The van der Waals surface area contributed by atoms with Crippen molar-refractivity contribution < 1.29 is 14.0 Å². The summed E-state index contributed by atoms with van der Waals surface area (Å²) in [6, 6.07) is 8.99. The number of nitrogens with zero attached hydrogens (tertiary/aromatic N) is 1. The Hall–Kier alpha value is -2.27. The van der Waals surface area contributed by atoms with Crippen LogP contribution in [-0.2, 0) is 11.2 Å². The van der Waals surface area contributed by atoms with Gasteiger partial charge in [0.25, 0.3) is 5.91 Å². The molecule has 0 unspecified atom stereocenters. The van der Waals surface area contributed by atoms with Crippen molar-refractivity contribution in [3.05, 3.63) is 47.9 Å². The smallest absolute Gasteiger partial charge is 0.293 e. The monoisotopic (exact) mass is 360 g/mol. The molecule has 1 aromatic heterocycles. The van der Waals surface area contributed by atoms with E-state index in [-0.39, 0.29) is 17.7 Å². The van der Waals surface area contributed by atoms with Gasteiger partial charge in [-0.1, -0.05) is 0 Å². The van der Waals surface area contributed by atoms with Crippen LogP contribution in [0.4, 0.5) is 11.4 Å². The highest BCUT2D eigenvalue weighted by Gasteiger charge is 2.28. The van der Waals surface area contributed by atoms with Gasteiger partial charge in [0.15, 0.2) is 5.76 Å². The number of rotatable bonds is 4. The lowest BCUT2D eigenvalue weighted by molar-refractivity contribution is -0.122. The predicted octanol–water partition coefficient (Wildman–Crippen LogP) is 4.08. The van der Waals surface area contributed by atoms with E-state index in [0.717, 1.165) is 24.1 Å². The molecule has 0 saturated heterocycles.